The molecule has 1 heterocycles. The molecule has 0 aliphatic carbocycles. The quantitative estimate of drug-likeness (QED) is 0.457. The highest BCUT2D eigenvalue weighted by Crippen LogP contribution is 2.32. The normalized spacial score (nSPS) is 10.4. The molecule has 1 aromatic heterocycles. The van der Waals surface area contributed by atoms with E-state index in [2.05, 4.69) is 15.5 Å². The maximum atomic E-state index is 12.4. The van der Waals surface area contributed by atoms with Crippen LogP contribution in [0.15, 0.2) is 52.9 Å². The molecule has 0 unspecified atom stereocenters. The largest absolute Gasteiger partial charge is 0.496 e. The number of carbonyl (C=O) groups is 1. The van der Waals surface area contributed by atoms with Gasteiger partial charge in [-0.2, -0.15) is 0 Å². The standard InChI is InChI=1S/C18H17N3O3S2/c1-23-15-9-5-3-7-12(15)14(22)11-25-18-21-20-17(26-18)19-13-8-4-6-10-16(13)24-2/h3-10H,11H2,1-2H3,(H,19,20). The summed E-state index contributed by atoms with van der Waals surface area (Å²) in [6.07, 6.45) is 0. The number of methoxy groups -OCH3 is 2. The Balaban J connectivity index is 1.63. The zero-order valence-corrected chi connectivity index (χ0v) is 15.9. The molecule has 0 saturated heterocycles. The van der Waals surface area contributed by atoms with Crippen LogP contribution < -0.4 is 14.8 Å². The summed E-state index contributed by atoms with van der Waals surface area (Å²) in [7, 11) is 3.17. The molecule has 0 bridgehead atoms. The second kappa shape index (κ2) is 8.68. The molecule has 0 aliphatic rings. The summed E-state index contributed by atoms with van der Waals surface area (Å²) < 4.78 is 11.3. The van der Waals surface area contributed by atoms with Crippen molar-refractivity contribution >= 4 is 39.7 Å². The van der Waals surface area contributed by atoms with Crippen molar-refractivity contribution in [3.05, 3.63) is 54.1 Å². The fourth-order valence-corrected chi connectivity index (χ4v) is 3.91. The molecule has 8 heteroatoms. The number of Topliss-reactive ketones (excluding diaryl/α,β-unsaturated/α-hetero) is 1. The van der Waals surface area contributed by atoms with Crippen molar-refractivity contribution in [2.24, 2.45) is 0 Å². The lowest BCUT2D eigenvalue weighted by molar-refractivity contribution is 0.101. The van der Waals surface area contributed by atoms with Crippen LogP contribution in [0.3, 0.4) is 0 Å². The minimum absolute atomic E-state index is 0.0121. The first-order valence-electron chi connectivity index (χ1n) is 7.74. The first-order valence-corrected chi connectivity index (χ1v) is 9.54. The monoisotopic (exact) mass is 387 g/mol. The van der Waals surface area contributed by atoms with Gasteiger partial charge in [-0.15, -0.1) is 10.2 Å². The summed E-state index contributed by atoms with van der Waals surface area (Å²) in [5.74, 6) is 1.56. The van der Waals surface area contributed by atoms with E-state index in [0.717, 1.165) is 11.4 Å². The van der Waals surface area contributed by atoms with Crippen molar-refractivity contribution in [3.63, 3.8) is 0 Å². The van der Waals surface area contributed by atoms with Gasteiger partial charge >= 0.3 is 0 Å². The number of anilines is 2. The Morgan fingerprint density at radius 1 is 1.04 bits per heavy atom. The molecule has 0 spiro atoms. The molecule has 0 fully saturated rings. The molecule has 0 atom stereocenters. The molecule has 3 rings (SSSR count). The lowest BCUT2D eigenvalue weighted by Gasteiger charge is -2.07. The van der Waals surface area contributed by atoms with Crippen LogP contribution in [-0.4, -0.2) is 36.0 Å². The number of rotatable bonds is 8. The second-order valence-electron chi connectivity index (χ2n) is 5.11. The first kappa shape index (κ1) is 18.2. The van der Waals surface area contributed by atoms with Crippen molar-refractivity contribution in [2.75, 3.05) is 25.3 Å². The highest BCUT2D eigenvalue weighted by Gasteiger charge is 2.14. The minimum atomic E-state index is -0.0121. The number of carbonyl (C=O) groups excluding carboxylic acids is 1. The van der Waals surface area contributed by atoms with E-state index in [0.29, 0.717) is 20.8 Å². The van der Waals surface area contributed by atoms with Gasteiger partial charge in [0.25, 0.3) is 0 Å². The van der Waals surface area contributed by atoms with Gasteiger partial charge in [0.15, 0.2) is 10.1 Å². The highest BCUT2D eigenvalue weighted by atomic mass is 32.2. The lowest BCUT2D eigenvalue weighted by Crippen LogP contribution is -2.04. The summed E-state index contributed by atoms with van der Waals surface area (Å²) in [6.45, 7) is 0. The molecule has 3 aromatic rings. The highest BCUT2D eigenvalue weighted by molar-refractivity contribution is 8.01. The molecule has 26 heavy (non-hydrogen) atoms. The van der Waals surface area contributed by atoms with Gasteiger partial charge in [0, 0.05) is 0 Å². The van der Waals surface area contributed by atoms with Gasteiger partial charge in [-0.1, -0.05) is 47.4 Å². The van der Waals surface area contributed by atoms with Gasteiger partial charge in [-0.3, -0.25) is 4.79 Å². The van der Waals surface area contributed by atoms with E-state index in [1.165, 1.54) is 23.1 Å². The summed E-state index contributed by atoms with van der Waals surface area (Å²) in [4.78, 5) is 12.4. The Morgan fingerprint density at radius 3 is 2.50 bits per heavy atom. The summed E-state index contributed by atoms with van der Waals surface area (Å²) in [5.41, 5.74) is 1.38. The molecule has 1 N–H and O–H groups in total. The molecule has 2 aromatic carbocycles. The number of ketones is 1. The fraction of sp³-hybridized carbons (Fsp3) is 0.167. The number of nitrogens with one attached hydrogen (secondary N) is 1. The zero-order chi connectivity index (χ0) is 18.4. The third-order valence-corrected chi connectivity index (χ3v) is 5.46. The van der Waals surface area contributed by atoms with E-state index >= 15 is 0 Å². The van der Waals surface area contributed by atoms with E-state index in [4.69, 9.17) is 9.47 Å². The first-order chi connectivity index (χ1) is 12.7. The lowest BCUT2D eigenvalue weighted by atomic mass is 10.1. The van der Waals surface area contributed by atoms with Crippen molar-refractivity contribution in [2.45, 2.75) is 4.34 Å². The van der Waals surface area contributed by atoms with E-state index < -0.39 is 0 Å². The maximum absolute atomic E-state index is 12.4. The van der Waals surface area contributed by atoms with Gasteiger partial charge < -0.3 is 14.8 Å². The predicted molar refractivity (Wildman–Crippen MR) is 104 cm³/mol. The average molecular weight is 387 g/mol. The summed E-state index contributed by atoms with van der Waals surface area (Å²) >= 11 is 2.74. The Kier molecular flexibility index (Phi) is 6.08. The minimum Gasteiger partial charge on any atom is -0.496 e. The number of aromatic nitrogens is 2. The molecule has 0 saturated carbocycles. The van der Waals surface area contributed by atoms with Crippen LogP contribution in [0.2, 0.25) is 0 Å². The third kappa shape index (κ3) is 4.33. The fourth-order valence-electron chi connectivity index (χ4n) is 2.26. The second-order valence-corrected chi connectivity index (χ2v) is 7.31. The average Bonchev–Trinajstić information content (AvgIpc) is 3.14. The van der Waals surface area contributed by atoms with Gasteiger partial charge in [0.1, 0.15) is 11.5 Å². The van der Waals surface area contributed by atoms with Gasteiger partial charge in [-0.05, 0) is 24.3 Å². The van der Waals surface area contributed by atoms with E-state index in [9.17, 15) is 4.79 Å². The SMILES string of the molecule is COc1ccccc1Nc1nnc(SCC(=O)c2ccccc2OC)s1. The number of benzene rings is 2. The summed E-state index contributed by atoms with van der Waals surface area (Å²) in [6, 6.07) is 14.8. The maximum Gasteiger partial charge on any atom is 0.210 e. The van der Waals surface area contributed by atoms with Gasteiger partial charge in [-0.25, -0.2) is 0 Å². The smallest absolute Gasteiger partial charge is 0.210 e. The number of para-hydroxylation sites is 3. The van der Waals surface area contributed by atoms with Crippen LogP contribution in [0.4, 0.5) is 10.8 Å². The van der Waals surface area contributed by atoms with Crippen molar-refractivity contribution < 1.29 is 14.3 Å². The molecule has 134 valence electrons. The van der Waals surface area contributed by atoms with Gasteiger partial charge in [0.05, 0.1) is 31.2 Å². The molecular formula is C18H17N3O3S2. The van der Waals surface area contributed by atoms with Gasteiger partial charge in [0.2, 0.25) is 5.13 Å². The zero-order valence-electron chi connectivity index (χ0n) is 14.3. The molecule has 0 radical (unpaired) electrons. The van der Waals surface area contributed by atoms with Crippen LogP contribution in [0.5, 0.6) is 11.5 Å². The van der Waals surface area contributed by atoms with E-state index in [1.54, 1.807) is 26.4 Å². The number of hydrogen-bond donors (Lipinski definition) is 1. The predicted octanol–water partition coefficient (Wildman–Crippen LogP) is 4.27. The number of nitrogens with zero attached hydrogens (tertiary/aromatic N) is 2. The molecular weight excluding hydrogens is 370 g/mol. The Bertz CT molecular complexity index is 899. The molecule has 6 nitrogen and oxygen atoms in total. The molecule has 0 amide bonds. The number of ether oxygens (including phenoxy) is 2. The Hall–Kier alpha value is -2.58. The number of hydrogen-bond acceptors (Lipinski definition) is 8. The van der Waals surface area contributed by atoms with E-state index in [1.807, 2.05) is 36.4 Å². The van der Waals surface area contributed by atoms with Crippen molar-refractivity contribution in [3.8, 4) is 11.5 Å². The Labute approximate surface area is 159 Å². The molecule has 0 aliphatic heterocycles. The topological polar surface area (TPSA) is 73.3 Å². The number of thioether (sulfide) groups is 1. The van der Waals surface area contributed by atoms with Crippen LogP contribution in [0, 0.1) is 0 Å². The van der Waals surface area contributed by atoms with Crippen LogP contribution in [0.1, 0.15) is 10.4 Å². The van der Waals surface area contributed by atoms with Crippen LogP contribution in [0.25, 0.3) is 0 Å². The van der Waals surface area contributed by atoms with E-state index in [-0.39, 0.29) is 11.5 Å². The van der Waals surface area contributed by atoms with Crippen molar-refractivity contribution in [1.29, 1.82) is 0 Å². The van der Waals surface area contributed by atoms with Crippen LogP contribution in [-0.2, 0) is 0 Å². The third-order valence-electron chi connectivity index (χ3n) is 3.49. The van der Waals surface area contributed by atoms with Crippen molar-refractivity contribution in [1.82, 2.24) is 10.2 Å². The summed E-state index contributed by atoms with van der Waals surface area (Å²) in [5, 5.41) is 12.1. The van der Waals surface area contributed by atoms with Crippen LogP contribution >= 0.6 is 23.1 Å². The Morgan fingerprint density at radius 2 is 1.73 bits per heavy atom.